The fourth-order valence-electron chi connectivity index (χ4n) is 7.95. The summed E-state index contributed by atoms with van der Waals surface area (Å²) in [5.74, 6) is 4.41. The van der Waals surface area contributed by atoms with E-state index in [0.717, 1.165) is 55.8 Å². The Morgan fingerprint density at radius 3 is 2.54 bits per heavy atom. The van der Waals surface area contributed by atoms with E-state index in [-0.39, 0.29) is 17.0 Å². The van der Waals surface area contributed by atoms with Crippen molar-refractivity contribution in [2.45, 2.75) is 83.2 Å². The molecule has 5 rings (SSSR count). The van der Waals surface area contributed by atoms with Gasteiger partial charge in [0.25, 0.3) is 0 Å². The van der Waals surface area contributed by atoms with Crippen LogP contribution >= 0.6 is 0 Å². The van der Waals surface area contributed by atoms with Gasteiger partial charge in [-0.15, -0.1) is 0 Å². The predicted octanol–water partition coefficient (Wildman–Crippen LogP) is 4.28. The second kappa shape index (κ2) is 5.08. The molecule has 3 heteroatoms. The van der Waals surface area contributed by atoms with Gasteiger partial charge < -0.3 is 4.74 Å². The van der Waals surface area contributed by atoms with Gasteiger partial charge in [0.2, 0.25) is 0 Å². The number of carbonyl (C=O) groups excluding carboxylic acids is 2. The zero-order valence-electron chi connectivity index (χ0n) is 14.9. The molecule has 5 fully saturated rings. The van der Waals surface area contributed by atoms with Crippen LogP contribution in [0.15, 0.2) is 0 Å². The molecule has 0 aromatic heterocycles. The highest BCUT2D eigenvalue weighted by molar-refractivity contribution is 5.79. The van der Waals surface area contributed by atoms with Crippen molar-refractivity contribution >= 4 is 11.8 Å². The van der Waals surface area contributed by atoms with E-state index in [4.69, 9.17) is 4.74 Å². The monoisotopic (exact) mass is 330 g/mol. The van der Waals surface area contributed by atoms with Gasteiger partial charge in [-0.1, -0.05) is 6.92 Å². The largest absolute Gasteiger partial charge is 0.458 e. The first-order valence-corrected chi connectivity index (χ1v) is 10.3. The molecule has 5 aliphatic rings. The molecule has 24 heavy (non-hydrogen) atoms. The standard InChI is InChI=1S/C21H30O3/c1-20-9-6-16-15-5-3-14(22)12-13(15)2-4-17(16)18(20)7-10-21(20)11-8-19(23)24-21/h13,15-18H,2-12H2,1H3/t13-,15+,16+,17-,18-,20-,21-/m0/s1. The number of carbonyl (C=O) groups is 2. The molecule has 0 aromatic carbocycles. The fraction of sp³-hybridized carbons (Fsp3) is 0.905. The van der Waals surface area contributed by atoms with Crippen LogP contribution in [0.4, 0.5) is 0 Å². The number of fused-ring (bicyclic) bond motifs is 6. The third-order valence-electron chi connectivity index (χ3n) is 9.10. The second-order valence-corrected chi connectivity index (χ2v) is 9.68. The van der Waals surface area contributed by atoms with Crippen LogP contribution in [0.25, 0.3) is 0 Å². The summed E-state index contributed by atoms with van der Waals surface area (Å²) in [5.41, 5.74) is 0.0662. The number of ether oxygens (including phenoxy) is 1. The van der Waals surface area contributed by atoms with Crippen LogP contribution < -0.4 is 0 Å². The summed E-state index contributed by atoms with van der Waals surface area (Å²) in [6, 6.07) is 0. The Bertz CT molecular complexity index is 584. The molecular formula is C21H30O3. The topological polar surface area (TPSA) is 43.4 Å². The molecule has 1 heterocycles. The maximum absolute atomic E-state index is 11.9. The van der Waals surface area contributed by atoms with Crippen molar-refractivity contribution in [3.63, 3.8) is 0 Å². The van der Waals surface area contributed by atoms with Crippen LogP contribution in [-0.2, 0) is 14.3 Å². The van der Waals surface area contributed by atoms with Crippen LogP contribution in [0.3, 0.4) is 0 Å². The normalized spacial score (nSPS) is 53.5. The lowest BCUT2D eigenvalue weighted by atomic mass is 9.49. The Morgan fingerprint density at radius 1 is 0.875 bits per heavy atom. The first kappa shape index (κ1) is 15.4. The lowest BCUT2D eigenvalue weighted by molar-refractivity contribution is -0.168. The summed E-state index contributed by atoms with van der Waals surface area (Å²) in [4.78, 5) is 23.7. The predicted molar refractivity (Wildman–Crippen MR) is 90.2 cm³/mol. The second-order valence-electron chi connectivity index (χ2n) is 9.68. The van der Waals surface area contributed by atoms with Gasteiger partial charge in [-0.3, -0.25) is 9.59 Å². The third-order valence-corrected chi connectivity index (χ3v) is 9.10. The molecule has 0 N–H and O–H groups in total. The number of hydrogen-bond donors (Lipinski definition) is 0. The van der Waals surface area contributed by atoms with E-state index in [2.05, 4.69) is 6.92 Å². The summed E-state index contributed by atoms with van der Waals surface area (Å²) in [7, 11) is 0. The molecule has 1 spiro atoms. The summed E-state index contributed by atoms with van der Waals surface area (Å²) in [6.07, 6.45) is 11.9. The number of rotatable bonds is 0. The van der Waals surface area contributed by atoms with Gasteiger partial charge in [0.15, 0.2) is 0 Å². The van der Waals surface area contributed by atoms with E-state index >= 15 is 0 Å². The van der Waals surface area contributed by atoms with Crippen molar-refractivity contribution in [1.82, 2.24) is 0 Å². The van der Waals surface area contributed by atoms with E-state index in [1.165, 1.54) is 32.1 Å². The molecular weight excluding hydrogens is 300 g/mol. The van der Waals surface area contributed by atoms with Gasteiger partial charge in [0.05, 0.1) is 0 Å². The molecule has 4 saturated carbocycles. The minimum Gasteiger partial charge on any atom is -0.458 e. The molecule has 0 bridgehead atoms. The van der Waals surface area contributed by atoms with Crippen molar-refractivity contribution in [1.29, 1.82) is 0 Å². The van der Waals surface area contributed by atoms with Crippen molar-refractivity contribution < 1.29 is 14.3 Å². The van der Waals surface area contributed by atoms with Crippen LogP contribution in [0, 0.1) is 35.0 Å². The fourth-order valence-corrected chi connectivity index (χ4v) is 7.95. The first-order chi connectivity index (χ1) is 11.5. The highest BCUT2D eigenvalue weighted by atomic mass is 16.6. The Morgan fingerprint density at radius 2 is 1.75 bits per heavy atom. The van der Waals surface area contributed by atoms with Crippen molar-refractivity contribution in [2.24, 2.45) is 35.0 Å². The number of ketones is 1. The summed E-state index contributed by atoms with van der Waals surface area (Å²) in [5, 5.41) is 0. The molecule has 0 radical (unpaired) electrons. The molecule has 3 nitrogen and oxygen atoms in total. The van der Waals surface area contributed by atoms with Crippen molar-refractivity contribution in [3.8, 4) is 0 Å². The summed E-state index contributed by atoms with van der Waals surface area (Å²) in [6.45, 7) is 2.44. The smallest absolute Gasteiger partial charge is 0.306 e. The minimum absolute atomic E-state index is 0.0356. The maximum Gasteiger partial charge on any atom is 0.306 e. The molecule has 0 amide bonds. The molecule has 132 valence electrons. The van der Waals surface area contributed by atoms with Crippen LogP contribution in [0.2, 0.25) is 0 Å². The van der Waals surface area contributed by atoms with E-state index in [1.807, 2.05) is 0 Å². The first-order valence-electron chi connectivity index (χ1n) is 10.3. The van der Waals surface area contributed by atoms with E-state index in [0.29, 0.717) is 18.1 Å². The van der Waals surface area contributed by atoms with Gasteiger partial charge >= 0.3 is 5.97 Å². The molecule has 1 aliphatic heterocycles. The number of hydrogen-bond acceptors (Lipinski definition) is 3. The summed E-state index contributed by atoms with van der Waals surface area (Å²) >= 11 is 0. The van der Waals surface area contributed by atoms with E-state index < -0.39 is 0 Å². The molecule has 0 aromatic rings. The van der Waals surface area contributed by atoms with Crippen LogP contribution in [0.5, 0.6) is 0 Å². The SMILES string of the molecule is C[C@]12CC[C@@H]3[C@@H]4CCC(=O)C[C@@H]4CC[C@@H]3[C@@H]1CC[C@]21CCC(=O)O1. The van der Waals surface area contributed by atoms with Crippen molar-refractivity contribution in [3.05, 3.63) is 0 Å². The Hall–Kier alpha value is -0.860. The van der Waals surface area contributed by atoms with E-state index in [1.54, 1.807) is 0 Å². The molecule has 1 saturated heterocycles. The lowest BCUT2D eigenvalue weighted by Gasteiger charge is -2.56. The maximum atomic E-state index is 11.9. The van der Waals surface area contributed by atoms with Crippen LogP contribution in [0.1, 0.15) is 77.6 Å². The molecule has 0 unspecified atom stereocenters. The van der Waals surface area contributed by atoms with Gasteiger partial charge in [-0.2, -0.15) is 0 Å². The average molecular weight is 330 g/mol. The Labute approximate surface area is 144 Å². The van der Waals surface area contributed by atoms with Gasteiger partial charge in [0, 0.05) is 24.7 Å². The minimum atomic E-state index is -0.140. The van der Waals surface area contributed by atoms with Gasteiger partial charge in [-0.25, -0.2) is 0 Å². The average Bonchev–Trinajstić information content (AvgIpc) is 3.08. The number of Topliss-reactive ketones (excluding diaryl/α,β-unsaturated/α-hetero) is 1. The van der Waals surface area contributed by atoms with Gasteiger partial charge in [-0.05, 0) is 81.0 Å². The lowest BCUT2D eigenvalue weighted by Crippen LogP contribution is -2.53. The van der Waals surface area contributed by atoms with Gasteiger partial charge in [0.1, 0.15) is 11.4 Å². The zero-order chi connectivity index (χ0) is 16.5. The Kier molecular flexibility index (Phi) is 3.26. The van der Waals surface area contributed by atoms with Crippen LogP contribution in [-0.4, -0.2) is 17.4 Å². The molecule has 4 aliphatic carbocycles. The van der Waals surface area contributed by atoms with E-state index in [9.17, 15) is 9.59 Å². The molecule has 7 atom stereocenters. The Balaban J connectivity index is 1.42. The summed E-state index contributed by atoms with van der Waals surface area (Å²) < 4.78 is 6.00. The highest BCUT2D eigenvalue weighted by Crippen LogP contribution is 2.67. The third kappa shape index (κ3) is 1.90. The quantitative estimate of drug-likeness (QED) is 0.623. The van der Waals surface area contributed by atoms with Crippen molar-refractivity contribution in [2.75, 3.05) is 0 Å². The zero-order valence-corrected chi connectivity index (χ0v) is 14.9. The number of esters is 1. The highest BCUT2D eigenvalue weighted by Gasteiger charge is 2.66.